The first kappa shape index (κ1) is 24.2. The third kappa shape index (κ3) is 8.89. The topological polar surface area (TPSA) is 109 Å². The lowest BCUT2D eigenvalue weighted by Crippen LogP contribution is -2.49. The zero-order valence-electron chi connectivity index (χ0n) is 16.9. The Kier molecular flexibility index (Phi) is 10.9. The van der Waals surface area contributed by atoms with Gasteiger partial charge in [-0.3, -0.25) is 14.4 Å². The van der Waals surface area contributed by atoms with Crippen molar-refractivity contribution >= 4 is 29.4 Å². The molecule has 28 heavy (non-hydrogen) atoms. The molecule has 1 rings (SSSR count). The third-order valence-electron chi connectivity index (χ3n) is 4.50. The van der Waals surface area contributed by atoms with Crippen molar-refractivity contribution in [3.8, 4) is 0 Å². The Balaban J connectivity index is 2.80. The summed E-state index contributed by atoms with van der Waals surface area (Å²) in [6.07, 6.45) is 3.08. The van der Waals surface area contributed by atoms with Gasteiger partial charge in [0.15, 0.2) is 5.78 Å². The summed E-state index contributed by atoms with van der Waals surface area (Å²) in [5.41, 5.74) is 6.77. The molecule has 0 bridgehead atoms. The van der Waals surface area contributed by atoms with Crippen LogP contribution in [0.4, 0.5) is 0 Å². The fourth-order valence-electron chi connectivity index (χ4n) is 2.93. The van der Waals surface area contributed by atoms with Gasteiger partial charge in [0.05, 0.1) is 18.0 Å². The number of hydrogen-bond donors (Lipinski definition) is 3. The molecule has 0 fully saturated rings. The average molecular weight is 409 g/mol. The van der Waals surface area contributed by atoms with Crippen LogP contribution in [-0.2, 0) is 20.8 Å². The van der Waals surface area contributed by atoms with E-state index in [1.165, 1.54) is 0 Å². The molecule has 4 N–H and O–H groups in total. The normalized spacial score (nSPS) is 14.3. The lowest BCUT2D eigenvalue weighted by molar-refractivity contribution is -0.144. The highest BCUT2D eigenvalue weighted by atomic mass is 32.2. The molecular formula is C21H32N2O4S. The maximum absolute atomic E-state index is 12.8. The van der Waals surface area contributed by atoms with Crippen molar-refractivity contribution < 1.29 is 19.5 Å². The second-order valence-electron chi connectivity index (χ2n) is 7.47. The van der Waals surface area contributed by atoms with Crippen LogP contribution in [0.15, 0.2) is 30.3 Å². The first-order valence-corrected chi connectivity index (χ1v) is 11.0. The molecule has 156 valence electrons. The van der Waals surface area contributed by atoms with Crippen LogP contribution in [0.3, 0.4) is 0 Å². The molecule has 0 saturated carbocycles. The summed E-state index contributed by atoms with van der Waals surface area (Å²) >= 11 is 1.60. The molecule has 0 aliphatic heterocycles. The molecule has 0 saturated heterocycles. The van der Waals surface area contributed by atoms with Crippen LogP contribution in [0, 0.1) is 11.8 Å². The van der Waals surface area contributed by atoms with Gasteiger partial charge in [0.1, 0.15) is 0 Å². The molecule has 0 unspecified atom stereocenters. The molecular weight excluding hydrogens is 376 g/mol. The molecule has 0 aliphatic rings. The van der Waals surface area contributed by atoms with Gasteiger partial charge in [0.25, 0.3) is 0 Å². The molecule has 6 nitrogen and oxygen atoms in total. The Hall–Kier alpha value is -1.86. The van der Waals surface area contributed by atoms with Crippen molar-refractivity contribution in [3.63, 3.8) is 0 Å². The van der Waals surface area contributed by atoms with Crippen LogP contribution in [0.1, 0.15) is 38.7 Å². The number of carboxylic acids is 1. The molecule has 1 aromatic carbocycles. The van der Waals surface area contributed by atoms with E-state index in [-0.39, 0.29) is 30.4 Å². The van der Waals surface area contributed by atoms with Crippen molar-refractivity contribution in [3.05, 3.63) is 35.9 Å². The number of carbonyl (C=O) groups is 3. The number of amides is 1. The molecule has 0 heterocycles. The number of nitrogens with two attached hydrogens (primary N) is 1. The standard InChI is InChI=1S/C21H32N2O4S/c1-14(2)11-18(23-20(25)17(22)9-10-28-3)19(24)13-16(21(26)27)12-15-7-5-4-6-8-15/h4-8,14,16-18H,9-13,22H2,1-3H3,(H,23,25)(H,26,27)/t16-,17+,18+/m1/s1. The summed E-state index contributed by atoms with van der Waals surface area (Å²) in [5, 5.41) is 12.3. The summed E-state index contributed by atoms with van der Waals surface area (Å²) in [6.45, 7) is 3.91. The van der Waals surface area contributed by atoms with Gasteiger partial charge in [0.2, 0.25) is 5.91 Å². The van der Waals surface area contributed by atoms with Crippen molar-refractivity contribution in [1.29, 1.82) is 0 Å². The van der Waals surface area contributed by atoms with E-state index < -0.39 is 24.0 Å². The highest BCUT2D eigenvalue weighted by Crippen LogP contribution is 2.17. The zero-order valence-corrected chi connectivity index (χ0v) is 17.7. The number of nitrogens with one attached hydrogen (secondary N) is 1. The largest absolute Gasteiger partial charge is 0.481 e. The smallest absolute Gasteiger partial charge is 0.307 e. The van der Waals surface area contributed by atoms with Crippen molar-refractivity contribution in [2.45, 2.75) is 51.6 Å². The summed E-state index contributed by atoms with van der Waals surface area (Å²) < 4.78 is 0. The predicted octanol–water partition coefficient (Wildman–Crippen LogP) is 2.50. The van der Waals surface area contributed by atoms with Crippen LogP contribution >= 0.6 is 11.8 Å². The number of aliphatic carboxylic acids is 1. The van der Waals surface area contributed by atoms with Crippen molar-refractivity contribution in [1.82, 2.24) is 5.32 Å². The van der Waals surface area contributed by atoms with Gasteiger partial charge in [-0.2, -0.15) is 11.8 Å². The minimum absolute atomic E-state index is 0.123. The Bertz CT molecular complexity index is 637. The van der Waals surface area contributed by atoms with Crippen LogP contribution in [0.5, 0.6) is 0 Å². The predicted molar refractivity (Wildman–Crippen MR) is 113 cm³/mol. The number of thioether (sulfide) groups is 1. The van der Waals surface area contributed by atoms with Gasteiger partial charge < -0.3 is 16.2 Å². The molecule has 1 amide bonds. The molecule has 0 aromatic heterocycles. The van der Waals surface area contributed by atoms with E-state index in [4.69, 9.17) is 5.73 Å². The SMILES string of the molecule is CSCC[C@H](N)C(=O)N[C@@H](CC(C)C)C(=O)C[C@@H](Cc1ccccc1)C(=O)O. The average Bonchev–Trinajstić information content (AvgIpc) is 2.65. The molecule has 1 aromatic rings. The number of ketones is 1. The molecule has 0 aliphatic carbocycles. The monoisotopic (exact) mass is 408 g/mol. The number of carbonyl (C=O) groups excluding carboxylic acids is 2. The van der Waals surface area contributed by atoms with Gasteiger partial charge in [-0.25, -0.2) is 0 Å². The maximum atomic E-state index is 12.8. The van der Waals surface area contributed by atoms with E-state index in [1.54, 1.807) is 11.8 Å². The lowest BCUT2D eigenvalue weighted by Gasteiger charge is -2.23. The highest BCUT2D eigenvalue weighted by molar-refractivity contribution is 7.98. The summed E-state index contributed by atoms with van der Waals surface area (Å²) in [4.78, 5) is 36.8. The second-order valence-corrected chi connectivity index (χ2v) is 8.46. The number of hydrogen-bond acceptors (Lipinski definition) is 5. The van der Waals surface area contributed by atoms with E-state index >= 15 is 0 Å². The van der Waals surface area contributed by atoms with Crippen molar-refractivity contribution in [2.75, 3.05) is 12.0 Å². The third-order valence-corrected chi connectivity index (χ3v) is 5.15. The first-order valence-electron chi connectivity index (χ1n) is 9.58. The van der Waals surface area contributed by atoms with Gasteiger partial charge in [0, 0.05) is 6.42 Å². The van der Waals surface area contributed by atoms with E-state index in [0.717, 1.165) is 11.3 Å². The van der Waals surface area contributed by atoms with E-state index in [9.17, 15) is 19.5 Å². The zero-order chi connectivity index (χ0) is 21.1. The molecule has 7 heteroatoms. The Labute approximate surface area is 171 Å². The van der Waals surface area contributed by atoms with Gasteiger partial charge in [-0.1, -0.05) is 44.2 Å². The van der Waals surface area contributed by atoms with Gasteiger partial charge in [-0.15, -0.1) is 0 Å². The maximum Gasteiger partial charge on any atom is 0.307 e. The lowest BCUT2D eigenvalue weighted by atomic mass is 9.89. The fourth-order valence-corrected chi connectivity index (χ4v) is 3.42. The van der Waals surface area contributed by atoms with Crippen LogP contribution in [-0.4, -0.2) is 46.9 Å². The summed E-state index contributed by atoms with van der Waals surface area (Å²) in [7, 11) is 0. The number of benzene rings is 1. The molecule has 3 atom stereocenters. The second kappa shape index (κ2) is 12.6. The Morgan fingerprint density at radius 3 is 2.36 bits per heavy atom. The summed E-state index contributed by atoms with van der Waals surface area (Å²) in [6, 6.07) is 7.84. The number of carboxylic acid groups (broad SMARTS) is 1. The fraction of sp³-hybridized carbons (Fsp3) is 0.571. The van der Waals surface area contributed by atoms with Crippen molar-refractivity contribution in [2.24, 2.45) is 17.6 Å². The quantitative estimate of drug-likeness (QED) is 0.463. The van der Waals surface area contributed by atoms with Crippen LogP contribution in [0.2, 0.25) is 0 Å². The minimum atomic E-state index is -1.01. The highest BCUT2D eigenvalue weighted by Gasteiger charge is 2.29. The number of Topliss-reactive ketones (excluding diaryl/α,β-unsaturated/α-hetero) is 1. The Morgan fingerprint density at radius 2 is 1.82 bits per heavy atom. The van der Waals surface area contributed by atoms with Gasteiger partial charge >= 0.3 is 5.97 Å². The van der Waals surface area contributed by atoms with Crippen LogP contribution < -0.4 is 11.1 Å². The summed E-state index contributed by atoms with van der Waals surface area (Å²) in [5.74, 6) is -1.52. The Morgan fingerprint density at radius 1 is 1.18 bits per heavy atom. The number of rotatable bonds is 13. The first-order chi connectivity index (χ1) is 13.2. The molecule has 0 spiro atoms. The van der Waals surface area contributed by atoms with E-state index in [1.807, 2.05) is 50.4 Å². The van der Waals surface area contributed by atoms with E-state index in [2.05, 4.69) is 5.32 Å². The molecule has 0 radical (unpaired) electrons. The van der Waals surface area contributed by atoms with Gasteiger partial charge in [-0.05, 0) is 42.8 Å². The minimum Gasteiger partial charge on any atom is -0.481 e. The van der Waals surface area contributed by atoms with E-state index in [0.29, 0.717) is 12.8 Å². The van der Waals surface area contributed by atoms with Crippen LogP contribution in [0.25, 0.3) is 0 Å².